The summed E-state index contributed by atoms with van der Waals surface area (Å²) in [4.78, 5) is 36.2. The maximum Gasteiger partial charge on any atom is 0.247 e. The molecule has 2 radical (unpaired) electrons. The number of hydrogen-bond donors (Lipinski definition) is 3. The predicted octanol–water partition coefficient (Wildman–Crippen LogP) is 2.16. The van der Waals surface area contributed by atoms with Crippen LogP contribution in [-0.4, -0.2) is 48.5 Å². The molecular formula is C17H24BFN4O3S2Y-. The van der Waals surface area contributed by atoms with Crippen LogP contribution in [0.3, 0.4) is 0 Å². The van der Waals surface area contributed by atoms with Crippen LogP contribution in [0.1, 0.15) is 25.3 Å². The van der Waals surface area contributed by atoms with Gasteiger partial charge in [-0.25, -0.2) is 0 Å². The fourth-order valence-electron chi connectivity index (χ4n) is 2.67. The average molecular weight is 515 g/mol. The number of benzene rings is 1. The van der Waals surface area contributed by atoms with Crippen molar-refractivity contribution in [2.45, 2.75) is 50.0 Å². The van der Waals surface area contributed by atoms with E-state index in [4.69, 9.17) is 5.64 Å². The fraction of sp³-hybridized carbons (Fsp3) is 0.471. The molecule has 2 atom stereocenters. The zero-order chi connectivity index (χ0) is 21.1. The molecule has 2 unspecified atom stereocenters. The molecule has 0 aromatic heterocycles. The van der Waals surface area contributed by atoms with Crippen molar-refractivity contribution in [1.82, 2.24) is 10.2 Å². The van der Waals surface area contributed by atoms with Crippen molar-refractivity contribution in [3.63, 3.8) is 0 Å². The zero-order valence-corrected chi connectivity index (χ0v) is 20.9. The van der Waals surface area contributed by atoms with E-state index in [1.165, 1.54) is 11.0 Å². The van der Waals surface area contributed by atoms with Crippen LogP contribution in [0.5, 0.6) is 0 Å². The monoisotopic (exact) mass is 515 g/mol. The number of anilines is 1. The quantitative estimate of drug-likeness (QED) is 0.292. The molecule has 1 aromatic carbocycles. The topological polar surface area (TPSA) is 105 Å². The minimum absolute atomic E-state index is 0. The molecule has 0 aliphatic carbocycles. The molecule has 2 rings (SSSR count). The summed E-state index contributed by atoms with van der Waals surface area (Å²) in [5, 5.41) is 4.61. The summed E-state index contributed by atoms with van der Waals surface area (Å²) in [7, 11) is 1.68. The number of aryl methyl sites for hydroxylation is 1. The van der Waals surface area contributed by atoms with E-state index in [9.17, 15) is 18.3 Å². The van der Waals surface area contributed by atoms with E-state index in [1.54, 1.807) is 26.5 Å². The maximum absolute atomic E-state index is 12.7. The van der Waals surface area contributed by atoms with Gasteiger partial charge in [0, 0.05) is 55.9 Å². The predicted molar refractivity (Wildman–Crippen MR) is 113 cm³/mol. The third-order valence-electron chi connectivity index (χ3n) is 4.11. The molecule has 1 fully saturated rings. The van der Waals surface area contributed by atoms with E-state index in [2.05, 4.69) is 30.2 Å². The van der Waals surface area contributed by atoms with Gasteiger partial charge in [-0.1, -0.05) is 25.7 Å². The second kappa shape index (κ2) is 15.1. The molecule has 7 nitrogen and oxygen atoms in total. The summed E-state index contributed by atoms with van der Waals surface area (Å²) in [6.07, 6.45) is 3.06. The van der Waals surface area contributed by atoms with Crippen LogP contribution >= 0.6 is 12.1 Å². The molecule has 3 amide bonds. The molecule has 1 aliphatic heterocycles. The molecule has 156 valence electrons. The van der Waals surface area contributed by atoms with E-state index in [0.717, 1.165) is 18.3 Å². The van der Waals surface area contributed by atoms with Crippen LogP contribution in [0.2, 0.25) is 6.32 Å². The van der Waals surface area contributed by atoms with Gasteiger partial charge in [0.15, 0.2) is 0 Å². The zero-order valence-electron chi connectivity index (χ0n) is 16.4. The van der Waals surface area contributed by atoms with Gasteiger partial charge in [-0.3, -0.25) is 9.59 Å². The van der Waals surface area contributed by atoms with Crippen molar-refractivity contribution in [1.29, 1.82) is 0 Å². The van der Waals surface area contributed by atoms with Gasteiger partial charge in [-0.05, 0) is 31.0 Å². The minimum atomic E-state index is -0.708. The SMILES string of the molecule is CCC[B]N.Cc1ccc(SF)cc1NC(=O)C1CC(NC(=O)[S-])CN1C=O.[Y]. The summed E-state index contributed by atoms with van der Waals surface area (Å²) < 4.78 is 12.7. The van der Waals surface area contributed by atoms with Gasteiger partial charge in [0.2, 0.25) is 19.7 Å². The molecule has 12 heteroatoms. The first-order valence-electron chi connectivity index (χ1n) is 8.78. The first-order valence-corrected chi connectivity index (χ1v) is 9.90. The molecule has 1 saturated heterocycles. The van der Waals surface area contributed by atoms with Crippen LogP contribution < -0.4 is 16.3 Å². The minimum Gasteiger partial charge on any atom is -0.719 e. The average Bonchev–Trinajstić information content (AvgIpc) is 3.07. The Balaban J connectivity index is 0.00000117. The summed E-state index contributed by atoms with van der Waals surface area (Å²) in [6, 6.07) is 3.78. The number of halogens is 1. The molecule has 0 saturated carbocycles. The van der Waals surface area contributed by atoms with E-state index >= 15 is 0 Å². The van der Waals surface area contributed by atoms with E-state index in [1.807, 2.05) is 0 Å². The molecule has 1 aromatic rings. The Labute approximate surface area is 206 Å². The second-order valence-corrected chi connectivity index (χ2v) is 7.25. The molecule has 29 heavy (non-hydrogen) atoms. The second-order valence-electron chi connectivity index (χ2n) is 6.25. The number of carbonyl (C=O) groups excluding carboxylic acids is 3. The van der Waals surface area contributed by atoms with E-state index < -0.39 is 11.3 Å². The van der Waals surface area contributed by atoms with Gasteiger partial charge >= 0.3 is 0 Å². The summed E-state index contributed by atoms with van der Waals surface area (Å²) in [5.41, 5.74) is 6.28. The summed E-state index contributed by atoms with van der Waals surface area (Å²) in [5.74, 6) is -0.387. The van der Waals surface area contributed by atoms with Gasteiger partial charge in [-0.2, -0.15) is 3.89 Å². The Morgan fingerprint density at radius 3 is 2.66 bits per heavy atom. The number of rotatable bonds is 7. The standard InChI is InChI=1S/C14H16FN3O3S2.C3H9BN.Y/c1-8-2-3-10(23-15)5-11(8)17-13(20)12-4-9(16-14(21)22)6-18(12)7-19;1-2-3-4-5;/h2-3,5,7,9,12H,4,6H2,1H3,(H,17,20)(H2,16,21,22);2-3,5H2,1H3;/p-1. The van der Waals surface area contributed by atoms with Crippen molar-refractivity contribution >= 4 is 55.4 Å². The smallest absolute Gasteiger partial charge is 0.247 e. The van der Waals surface area contributed by atoms with Crippen LogP contribution in [0, 0.1) is 6.92 Å². The number of nitrogens with zero attached hydrogens (tertiary/aromatic N) is 1. The number of nitrogens with one attached hydrogen (secondary N) is 2. The van der Waals surface area contributed by atoms with Crippen molar-refractivity contribution in [3.8, 4) is 0 Å². The first kappa shape index (κ1) is 28.3. The van der Waals surface area contributed by atoms with Gasteiger partial charge in [0.05, 0.1) is 17.4 Å². The number of likely N-dealkylation sites (tertiary alicyclic amines) is 1. The van der Waals surface area contributed by atoms with Crippen LogP contribution in [0.15, 0.2) is 23.1 Å². The number of amides is 3. The van der Waals surface area contributed by atoms with Crippen LogP contribution in [-0.2, 0) is 54.9 Å². The Kier molecular flexibility index (Phi) is 14.7. The molecule has 1 aliphatic rings. The van der Waals surface area contributed by atoms with Gasteiger partial charge in [0.25, 0.3) is 0 Å². The third kappa shape index (κ3) is 9.74. The number of carbonyl (C=O) groups is 3. The van der Waals surface area contributed by atoms with Crippen molar-refractivity contribution < 1.29 is 51.0 Å². The summed E-state index contributed by atoms with van der Waals surface area (Å²) >= 11 is 4.54. The van der Waals surface area contributed by atoms with Crippen molar-refractivity contribution in [2.24, 2.45) is 5.64 Å². The maximum atomic E-state index is 12.7. The molecule has 1 heterocycles. The van der Waals surface area contributed by atoms with E-state index in [0.29, 0.717) is 17.0 Å². The largest absolute Gasteiger partial charge is 0.719 e. The Morgan fingerprint density at radius 2 is 2.17 bits per heavy atom. The van der Waals surface area contributed by atoms with E-state index in [-0.39, 0.29) is 69.8 Å². The molecule has 0 spiro atoms. The van der Waals surface area contributed by atoms with Crippen molar-refractivity contribution in [3.05, 3.63) is 23.8 Å². The fourth-order valence-corrected chi connectivity index (χ4v) is 3.12. The number of hydrogen-bond acceptors (Lipinski definition) is 6. The van der Waals surface area contributed by atoms with Crippen LogP contribution in [0.4, 0.5) is 14.4 Å². The normalized spacial score (nSPS) is 17.3. The Morgan fingerprint density at radius 1 is 1.48 bits per heavy atom. The molecule has 0 bridgehead atoms. The van der Waals surface area contributed by atoms with Crippen molar-refractivity contribution in [2.75, 3.05) is 11.9 Å². The Hall–Kier alpha value is -0.741. The van der Waals surface area contributed by atoms with Gasteiger partial charge < -0.3 is 38.6 Å². The van der Waals surface area contributed by atoms with Gasteiger partial charge in [-0.15, -0.1) is 0 Å². The van der Waals surface area contributed by atoms with Crippen LogP contribution in [0.25, 0.3) is 0 Å². The Bertz CT molecular complexity index is 688. The summed E-state index contributed by atoms with van der Waals surface area (Å²) in [6.45, 7) is 4.11. The molecule has 4 N–H and O–H groups in total. The van der Waals surface area contributed by atoms with Gasteiger partial charge in [0.1, 0.15) is 6.04 Å². The third-order valence-corrected chi connectivity index (χ3v) is 4.66. The molecular weight excluding hydrogens is 491 g/mol. The first-order chi connectivity index (χ1) is 13.4. The number of nitrogens with two attached hydrogens (primary N) is 1.